The lowest BCUT2D eigenvalue weighted by Crippen LogP contribution is -2.59. The molecule has 0 saturated heterocycles. The van der Waals surface area contributed by atoms with Crippen LogP contribution < -0.4 is 21.7 Å². The Balaban J connectivity index is 5.32. The fourth-order valence-electron chi connectivity index (χ4n) is 2.61. The molecular weight excluding hydrogens is 396 g/mol. The van der Waals surface area contributed by atoms with E-state index in [-0.39, 0.29) is 29.9 Å². The summed E-state index contributed by atoms with van der Waals surface area (Å²) >= 11 is 3.97. The highest BCUT2D eigenvalue weighted by Gasteiger charge is 2.33. The summed E-state index contributed by atoms with van der Waals surface area (Å²) in [5, 5.41) is 17.1. The van der Waals surface area contributed by atoms with Crippen LogP contribution in [0.5, 0.6) is 0 Å². The minimum Gasteiger partial charge on any atom is -0.480 e. The number of hydrogen-bond acceptors (Lipinski definition) is 6. The van der Waals surface area contributed by atoms with Crippen molar-refractivity contribution in [1.82, 2.24) is 16.0 Å². The van der Waals surface area contributed by atoms with Crippen LogP contribution in [0.1, 0.15) is 48.0 Å². The van der Waals surface area contributed by atoms with Crippen LogP contribution in [0.2, 0.25) is 0 Å². The molecule has 29 heavy (non-hydrogen) atoms. The number of nitrogens with one attached hydrogen (secondary N) is 3. The number of thiol groups is 1. The third kappa shape index (κ3) is 9.49. The highest BCUT2D eigenvalue weighted by Crippen LogP contribution is 2.10. The molecule has 6 N–H and O–H groups in total. The Morgan fingerprint density at radius 2 is 1.24 bits per heavy atom. The van der Waals surface area contributed by atoms with Crippen LogP contribution in [0, 0.1) is 17.8 Å². The summed E-state index contributed by atoms with van der Waals surface area (Å²) in [7, 11) is 0. The summed E-state index contributed by atoms with van der Waals surface area (Å²) in [5.74, 6) is -3.12. The van der Waals surface area contributed by atoms with Crippen molar-refractivity contribution in [3.63, 3.8) is 0 Å². The average molecular weight is 433 g/mol. The smallest absolute Gasteiger partial charge is 0.326 e. The average Bonchev–Trinajstić information content (AvgIpc) is 2.61. The van der Waals surface area contributed by atoms with Gasteiger partial charge in [-0.25, -0.2) is 4.79 Å². The molecule has 9 nitrogen and oxygen atoms in total. The molecule has 0 heterocycles. The van der Waals surface area contributed by atoms with E-state index in [0.717, 1.165) is 0 Å². The predicted molar refractivity (Wildman–Crippen MR) is 114 cm³/mol. The van der Waals surface area contributed by atoms with E-state index < -0.39 is 47.9 Å². The zero-order valence-corrected chi connectivity index (χ0v) is 19.0. The maximum absolute atomic E-state index is 12.8. The summed E-state index contributed by atoms with van der Waals surface area (Å²) in [6.07, 6.45) is 0.270. The summed E-state index contributed by atoms with van der Waals surface area (Å²) in [5.41, 5.74) is 5.65. The summed E-state index contributed by atoms with van der Waals surface area (Å²) in [6, 6.07) is -3.75. The third-order valence-corrected chi connectivity index (χ3v) is 4.74. The number of amides is 3. The summed E-state index contributed by atoms with van der Waals surface area (Å²) in [6.45, 7) is 10.7. The highest BCUT2D eigenvalue weighted by molar-refractivity contribution is 7.80. The highest BCUT2D eigenvalue weighted by atomic mass is 32.1. The number of nitrogens with two attached hydrogens (primary N) is 1. The third-order valence-electron chi connectivity index (χ3n) is 4.35. The van der Waals surface area contributed by atoms with Gasteiger partial charge in [-0.05, 0) is 24.2 Å². The van der Waals surface area contributed by atoms with Crippen molar-refractivity contribution in [2.24, 2.45) is 23.5 Å². The monoisotopic (exact) mass is 432 g/mol. The van der Waals surface area contributed by atoms with Gasteiger partial charge in [-0.3, -0.25) is 14.4 Å². The maximum atomic E-state index is 12.8. The first-order chi connectivity index (χ1) is 13.3. The van der Waals surface area contributed by atoms with Crippen molar-refractivity contribution >= 4 is 36.3 Å². The van der Waals surface area contributed by atoms with Crippen LogP contribution in [0.25, 0.3) is 0 Å². The molecule has 0 spiro atoms. The van der Waals surface area contributed by atoms with Crippen molar-refractivity contribution in [3.05, 3.63) is 0 Å². The van der Waals surface area contributed by atoms with Gasteiger partial charge in [0.2, 0.25) is 17.7 Å². The molecule has 0 aliphatic carbocycles. The first kappa shape index (κ1) is 27.2. The number of carboxylic acids is 1. The van der Waals surface area contributed by atoms with E-state index in [1.165, 1.54) is 0 Å². The summed E-state index contributed by atoms with van der Waals surface area (Å²) in [4.78, 5) is 48.9. The van der Waals surface area contributed by atoms with E-state index >= 15 is 0 Å². The quantitative estimate of drug-likeness (QED) is 0.241. The lowest BCUT2D eigenvalue weighted by Gasteiger charge is -2.28. The van der Waals surface area contributed by atoms with Crippen molar-refractivity contribution in [2.45, 2.75) is 72.1 Å². The van der Waals surface area contributed by atoms with Gasteiger partial charge < -0.3 is 26.8 Å². The molecule has 3 amide bonds. The van der Waals surface area contributed by atoms with E-state index in [0.29, 0.717) is 0 Å². The molecule has 0 rings (SSSR count). The van der Waals surface area contributed by atoms with E-state index in [4.69, 9.17) is 5.73 Å². The van der Waals surface area contributed by atoms with Gasteiger partial charge >= 0.3 is 5.97 Å². The molecule has 0 aromatic rings. The normalized spacial score (nSPS) is 15.6. The molecule has 0 aromatic carbocycles. The zero-order chi connectivity index (χ0) is 22.9. The van der Waals surface area contributed by atoms with Crippen LogP contribution in [0.15, 0.2) is 0 Å². The fraction of sp³-hybridized carbons (Fsp3) is 0.789. The van der Waals surface area contributed by atoms with Crippen LogP contribution >= 0.6 is 12.6 Å². The van der Waals surface area contributed by atoms with E-state index in [9.17, 15) is 24.3 Å². The molecular formula is C19H36N4O5S. The molecule has 0 fully saturated rings. The molecule has 0 saturated carbocycles. The van der Waals surface area contributed by atoms with Gasteiger partial charge in [0.1, 0.15) is 18.1 Å². The Hall–Kier alpha value is -1.81. The van der Waals surface area contributed by atoms with Gasteiger partial charge in [0.25, 0.3) is 0 Å². The number of carboxylic acid groups (broad SMARTS) is 1. The largest absolute Gasteiger partial charge is 0.480 e. The Morgan fingerprint density at radius 3 is 1.59 bits per heavy atom. The lowest BCUT2D eigenvalue weighted by molar-refractivity contribution is -0.143. The molecule has 10 heteroatoms. The topological polar surface area (TPSA) is 151 Å². The van der Waals surface area contributed by atoms with Crippen molar-refractivity contribution in [2.75, 3.05) is 5.75 Å². The zero-order valence-electron chi connectivity index (χ0n) is 18.1. The lowest BCUT2D eigenvalue weighted by atomic mass is 9.98. The second-order valence-corrected chi connectivity index (χ2v) is 8.64. The molecule has 0 bridgehead atoms. The van der Waals surface area contributed by atoms with Gasteiger partial charge in [0.05, 0.1) is 6.04 Å². The maximum Gasteiger partial charge on any atom is 0.326 e. The number of aliphatic carboxylic acids is 1. The van der Waals surface area contributed by atoms with Crippen LogP contribution in [0.3, 0.4) is 0 Å². The standard InChI is InChI=1S/C19H36N4O5S/c1-9(2)7-13(19(27)28)21-17(25)14(10(3)4)23-18(26)15(11(5)6)22-16(24)12(20)8-29/h9-15,29H,7-8,20H2,1-6H3,(H,21,25)(H,22,24)(H,23,26)(H,27,28). The fourth-order valence-corrected chi connectivity index (χ4v) is 2.78. The number of carbonyl (C=O) groups is 4. The van der Waals surface area contributed by atoms with Gasteiger partial charge in [-0.2, -0.15) is 12.6 Å². The van der Waals surface area contributed by atoms with Crippen LogP contribution in [0.4, 0.5) is 0 Å². The molecule has 0 aromatic heterocycles. The van der Waals surface area contributed by atoms with Gasteiger partial charge in [-0.15, -0.1) is 0 Å². The van der Waals surface area contributed by atoms with Crippen molar-refractivity contribution in [3.8, 4) is 0 Å². The minimum atomic E-state index is -1.13. The molecule has 0 radical (unpaired) electrons. The number of rotatable bonds is 12. The Bertz CT molecular complexity index is 583. The van der Waals surface area contributed by atoms with Gasteiger partial charge in [0.15, 0.2) is 0 Å². The van der Waals surface area contributed by atoms with E-state index in [2.05, 4.69) is 28.6 Å². The number of carbonyl (C=O) groups excluding carboxylic acids is 3. The SMILES string of the molecule is CC(C)CC(NC(=O)C(NC(=O)C(NC(=O)C(N)CS)C(C)C)C(C)C)C(=O)O. The second-order valence-electron chi connectivity index (χ2n) is 8.28. The molecule has 168 valence electrons. The van der Waals surface area contributed by atoms with Gasteiger partial charge in [0, 0.05) is 5.75 Å². The van der Waals surface area contributed by atoms with Gasteiger partial charge in [-0.1, -0.05) is 41.5 Å². The first-order valence-electron chi connectivity index (χ1n) is 9.82. The molecule has 0 aliphatic rings. The minimum absolute atomic E-state index is 0.0695. The number of hydrogen-bond donors (Lipinski definition) is 6. The Morgan fingerprint density at radius 1 is 0.828 bits per heavy atom. The molecule has 0 aliphatic heterocycles. The van der Waals surface area contributed by atoms with E-state index in [1.54, 1.807) is 27.7 Å². The van der Waals surface area contributed by atoms with Crippen molar-refractivity contribution < 1.29 is 24.3 Å². The second kappa shape index (κ2) is 12.7. The Kier molecular flexibility index (Phi) is 11.9. The summed E-state index contributed by atoms with van der Waals surface area (Å²) < 4.78 is 0. The predicted octanol–water partition coefficient (Wildman–Crippen LogP) is 0.141. The van der Waals surface area contributed by atoms with E-state index in [1.807, 2.05) is 13.8 Å². The van der Waals surface area contributed by atoms with Crippen LogP contribution in [-0.2, 0) is 19.2 Å². The first-order valence-corrected chi connectivity index (χ1v) is 10.4. The van der Waals surface area contributed by atoms with Crippen molar-refractivity contribution in [1.29, 1.82) is 0 Å². The molecule has 4 unspecified atom stereocenters. The Labute approximate surface area is 178 Å². The molecule has 4 atom stereocenters. The van der Waals surface area contributed by atoms with Crippen LogP contribution in [-0.4, -0.2) is 58.7 Å².